The van der Waals surface area contributed by atoms with E-state index in [0.29, 0.717) is 29.7 Å². The lowest BCUT2D eigenvalue weighted by molar-refractivity contribution is -0.112. The Morgan fingerprint density at radius 2 is 1.91 bits per heavy atom. The molecule has 4 heterocycles. The van der Waals surface area contributed by atoms with Crippen LogP contribution in [-0.4, -0.2) is 49.6 Å². The molecule has 0 spiro atoms. The van der Waals surface area contributed by atoms with Crippen LogP contribution in [0.15, 0.2) is 73.1 Å². The molecule has 6 rings (SSSR count). The third-order valence-corrected chi connectivity index (χ3v) is 7.95. The number of hydrogen-bond donors (Lipinski definition) is 3. The summed E-state index contributed by atoms with van der Waals surface area (Å²) in [5.41, 5.74) is 12.2. The number of nitrogens with one attached hydrogen (secondary N) is 2. The molecular weight excluding hydrogens is 538 g/mol. The molecule has 0 atom stereocenters. The van der Waals surface area contributed by atoms with Gasteiger partial charge in [0.05, 0.1) is 11.9 Å². The maximum Gasteiger partial charge on any atom is 0.250 e. The molecular formula is C33H37N9O. The zero-order valence-electron chi connectivity index (χ0n) is 24.8. The number of amides is 1. The van der Waals surface area contributed by atoms with Crippen molar-refractivity contribution >= 4 is 39.9 Å². The van der Waals surface area contributed by atoms with E-state index < -0.39 is 0 Å². The van der Waals surface area contributed by atoms with Crippen LogP contribution in [0, 0.1) is 0 Å². The molecule has 4 N–H and O–H groups in total. The molecule has 0 saturated carbocycles. The highest BCUT2D eigenvalue weighted by atomic mass is 16.1. The fourth-order valence-corrected chi connectivity index (χ4v) is 5.43. The summed E-state index contributed by atoms with van der Waals surface area (Å²) in [6.45, 7) is 11.9. The largest absolute Gasteiger partial charge is 0.350 e. The molecule has 0 radical (unpaired) electrons. The molecule has 0 bridgehead atoms. The standard InChI is InChI=1S/C33H37N9O/c1-20(2)28-19-37-42-30(28)39-33(41-15-12-24(34)13-16-41)40-32(42)36-18-23-7-5-6-8-26(23)29-27-10-9-25(38-31(43)21(3)4)17-22(27)11-14-35-29/h5-11,14,17,19-20,24H,3,12-13,15-16,18,34H2,1-2,4H3,(H,38,43)(H,36,39,40). The average Bonchev–Trinajstić information content (AvgIpc) is 3.45. The number of pyridine rings is 1. The van der Waals surface area contributed by atoms with E-state index in [0.717, 1.165) is 64.7 Å². The van der Waals surface area contributed by atoms with E-state index in [1.165, 1.54) is 0 Å². The maximum atomic E-state index is 12.2. The molecule has 0 aliphatic carbocycles. The smallest absolute Gasteiger partial charge is 0.250 e. The first-order valence-corrected chi connectivity index (χ1v) is 14.7. The Balaban J connectivity index is 1.33. The highest BCUT2D eigenvalue weighted by Crippen LogP contribution is 2.32. The number of hydrogen-bond acceptors (Lipinski definition) is 8. The zero-order chi connectivity index (χ0) is 30.1. The van der Waals surface area contributed by atoms with Gasteiger partial charge in [0.2, 0.25) is 11.9 Å². The van der Waals surface area contributed by atoms with Gasteiger partial charge < -0.3 is 21.3 Å². The predicted octanol–water partition coefficient (Wildman–Crippen LogP) is 5.52. The SMILES string of the molecule is C=C(C)C(=O)Nc1ccc2c(-c3ccccc3CNc3nc(N4CCC(N)CC4)nc4c(C(C)C)cnn34)nccc2c1. The van der Waals surface area contributed by atoms with E-state index >= 15 is 0 Å². The first-order valence-electron chi connectivity index (χ1n) is 14.7. The minimum Gasteiger partial charge on any atom is -0.350 e. The zero-order valence-corrected chi connectivity index (χ0v) is 24.8. The Kier molecular flexibility index (Phi) is 7.77. The Morgan fingerprint density at radius 3 is 2.67 bits per heavy atom. The number of carbonyl (C=O) groups is 1. The minimum absolute atomic E-state index is 0.200. The first kappa shape index (κ1) is 28.3. The average molecular weight is 576 g/mol. The van der Waals surface area contributed by atoms with Gasteiger partial charge in [0, 0.05) is 59.6 Å². The Bertz CT molecular complexity index is 1820. The highest BCUT2D eigenvalue weighted by Gasteiger charge is 2.22. The third-order valence-electron chi connectivity index (χ3n) is 7.95. The van der Waals surface area contributed by atoms with E-state index in [9.17, 15) is 4.79 Å². The molecule has 2 aromatic carbocycles. The lowest BCUT2D eigenvalue weighted by Gasteiger charge is -2.30. The molecule has 1 aliphatic heterocycles. The van der Waals surface area contributed by atoms with Gasteiger partial charge in [-0.15, -0.1) is 0 Å². The quantitative estimate of drug-likeness (QED) is 0.207. The van der Waals surface area contributed by atoms with E-state index in [1.54, 1.807) is 17.6 Å². The van der Waals surface area contributed by atoms with Crippen LogP contribution in [0.1, 0.15) is 50.7 Å². The van der Waals surface area contributed by atoms with Crippen LogP contribution in [0.5, 0.6) is 0 Å². The van der Waals surface area contributed by atoms with E-state index in [2.05, 4.69) is 53.2 Å². The van der Waals surface area contributed by atoms with Gasteiger partial charge in [-0.1, -0.05) is 50.8 Å². The molecule has 5 aromatic rings. The molecule has 1 aliphatic rings. The molecule has 220 valence electrons. The number of carbonyl (C=O) groups excluding carboxylic acids is 1. The van der Waals surface area contributed by atoms with Crippen molar-refractivity contribution in [1.82, 2.24) is 24.6 Å². The van der Waals surface area contributed by atoms with Crippen LogP contribution in [0.25, 0.3) is 27.7 Å². The second-order valence-electron chi connectivity index (χ2n) is 11.5. The summed E-state index contributed by atoms with van der Waals surface area (Å²) >= 11 is 0. The minimum atomic E-state index is -0.200. The fraction of sp³-hybridized carbons (Fsp3) is 0.303. The van der Waals surface area contributed by atoms with E-state index in [-0.39, 0.29) is 17.9 Å². The summed E-state index contributed by atoms with van der Waals surface area (Å²) in [6, 6.07) is 16.2. The van der Waals surface area contributed by atoms with Crippen LogP contribution in [0.4, 0.5) is 17.6 Å². The second kappa shape index (κ2) is 11.8. The van der Waals surface area contributed by atoms with Crippen molar-refractivity contribution in [1.29, 1.82) is 0 Å². The lowest BCUT2D eigenvalue weighted by atomic mass is 9.99. The number of benzene rings is 2. The summed E-state index contributed by atoms with van der Waals surface area (Å²) in [6.07, 6.45) is 5.52. The normalized spacial score (nSPS) is 14.0. The molecule has 1 fully saturated rings. The monoisotopic (exact) mass is 575 g/mol. The lowest BCUT2D eigenvalue weighted by Crippen LogP contribution is -2.40. The molecule has 0 unspecified atom stereocenters. The van der Waals surface area contributed by atoms with Gasteiger partial charge in [0.15, 0.2) is 5.65 Å². The van der Waals surface area contributed by atoms with Gasteiger partial charge in [0.1, 0.15) is 0 Å². The Hall–Kier alpha value is -4.83. The second-order valence-corrected chi connectivity index (χ2v) is 11.5. The molecule has 10 nitrogen and oxygen atoms in total. The Morgan fingerprint density at radius 1 is 1.12 bits per heavy atom. The van der Waals surface area contributed by atoms with Gasteiger partial charge in [-0.05, 0) is 54.8 Å². The number of nitrogens with zero attached hydrogens (tertiary/aromatic N) is 6. The van der Waals surface area contributed by atoms with Crippen molar-refractivity contribution in [2.24, 2.45) is 5.73 Å². The predicted molar refractivity (Wildman–Crippen MR) is 172 cm³/mol. The molecule has 3 aromatic heterocycles. The highest BCUT2D eigenvalue weighted by molar-refractivity contribution is 6.05. The first-order chi connectivity index (χ1) is 20.8. The molecule has 10 heteroatoms. The van der Waals surface area contributed by atoms with Crippen molar-refractivity contribution in [3.05, 3.63) is 84.2 Å². The Labute approximate surface area is 251 Å². The van der Waals surface area contributed by atoms with Crippen molar-refractivity contribution in [3.8, 4) is 11.3 Å². The van der Waals surface area contributed by atoms with E-state index in [4.69, 9.17) is 20.7 Å². The maximum absolute atomic E-state index is 12.2. The summed E-state index contributed by atoms with van der Waals surface area (Å²) < 4.78 is 1.80. The van der Waals surface area contributed by atoms with Crippen molar-refractivity contribution in [2.75, 3.05) is 28.6 Å². The summed E-state index contributed by atoms with van der Waals surface area (Å²) in [4.78, 5) is 29.0. The van der Waals surface area contributed by atoms with Gasteiger partial charge >= 0.3 is 0 Å². The summed E-state index contributed by atoms with van der Waals surface area (Å²) in [7, 11) is 0. The van der Waals surface area contributed by atoms with Gasteiger partial charge in [-0.25, -0.2) is 0 Å². The van der Waals surface area contributed by atoms with Crippen LogP contribution in [0.2, 0.25) is 0 Å². The third kappa shape index (κ3) is 5.78. The summed E-state index contributed by atoms with van der Waals surface area (Å²) in [5, 5.41) is 13.1. The van der Waals surface area contributed by atoms with Crippen molar-refractivity contribution in [2.45, 2.75) is 52.1 Å². The molecule has 1 saturated heterocycles. The van der Waals surface area contributed by atoms with Crippen molar-refractivity contribution in [3.63, 3.8) is 0 Å². The number of rotatable bonds is 8. The number of piperidine rings is 1. The number of fused-ring (bicyclic) bond motifs is 2. The van der Waals surface area contributed by atoms with Gasteiger partial charge in [-0.3, -0.25) is 9.78 Å². The fourth-order valence-electron chi connectivity index (χ4n) is 5.43. The van der Waals surface area contributed by atoms with Crippen molar-refractivity contribution < 1.29 is 4.79 Å². The molecule has 43 heavy (non-hydrogen) atoms. The van der Waals surface area contributed by atoms with E-state index in [1.807, 2.05) is 42.6 Å². The number of anilines is 3. The topological polar surface area (TPSA) is 126 Å². The number of aromatic nitrogens is 5. The van der Waals surface area contributed by atoms with Gasteiger partial charge in [0.25, 0.3) is 5.91 Å². The van der Waals surface area contributed by atoms with Crippen LogP contribution in [-0.2, 0) is 11.3 Å². The van der Waals surface area contributed by atoms with Crippen LogP contribution >= 0.6 is 0 Å². The summed E-state index contributed by atoms with van der Waals surface area (Å²) in [5.74, 6) is 1.41. The molecule has 1 amide bonds. The number of nitrogens with two attached hydrogens (primary N) is 1. The van der Waals surface area contributed by atoms with Crippen LogP contribution in [0.3, 0.4) is 0 Å². The van der Waals surface area contributed by atoms with Gasteiger partial charge in [-0.2, -0.15) is 19.6 Å². The van der Waals surface area contributed by atoms with Crippen LogP contribution < -0.4 is 21.3 Å².